The zero-order chi connectivity index (χ0) is 21.3. The molecule has 3 aromatic rings. The van der Waals surface area contributed by atoms with Crippen molar-refractivity contribution in [1.82, 2.24) is 0 Å². The molecule has 3 rings (SSSR count). The van der Waals surface area contributed by atoms with E-state index < -0.39 is 5.97 Å². The van der Waals surface area contributed by atoms with Crippen LogP contribution in [0.15, 0.2) is 78.9 Å². The van der Waals surface area contributed by atoms with Gasteiger partial charge in [-0.1, -0.05) is 80.6 Å². The van der Waals surface area contributed by atoms with Crippen LogP contribution in [0.4, 0.5) is 5.69 Å². The third kappa shape index (κ3) is 5.70. The third-order valence-corrected chi connectivity index (χ3v) is 4.54. The van der Waals surface area contributed by atoms with E-state index in [-0.39, 0.29) is 25.0 Å². The molecule has 5 nitrogen and oxygen atoms in total. The van der Waals surface area contributed by atoms with Gasteiger partial charge < -0.3 is 14.8 Å². The van der Waals surface area contributed by atoms with E-state index in [9.17, 15) is 9.59 Å². The Balaban J connectivity index is 1.52. The predicted molar refractivity (Wildman–Crippen MR) is 117 cm³/mol. The number of esters is 1. The predicted octanol–water partition coefficient (Wildman–Crippen LogP) is 5.04. The molecule has 0 fully saturated rings. The Morgan fingerprint density at radius 3 is 2.27 bits per heavy atom. The summed E-state index contributed by atoms with van der Waals surface area (Å²) in [5, 5.41) is 2.79. The molecule has 0 atom stereocenters. The quantitative estimate of drug-likeness (QED) is 0.535. The summed E-state index contributed by atoms with van der Waals surface area (Å²) in [7, 11) is 0. The maximum atomic E-state index is 12.2. The molecule has 0 saturated carbocycles. The average Bonchev–Trinajstić information content (AvgIpc) is 2.77. The van der Waals surface area contributed by atoms with Gasteiger partial charge in [0.25, 0.3) is 5.91 Å². The van der Waals surface area contributed by atoms with Gasteiger partial charge in [0.2, 0.25) is 0 Å². The maximum Gasteiger partial charge on any atom is 0.344 e. The molecule has 30 heavy (non-hydrogen) atoms. The number of amides is 1. The molecular formula is C25H25NO4. The number of carbonyl (C=O) groups is 2. The maximum absolute atomic E-state index is 12.2. The van der Waals surface area contributed by atoms with Crippen LogP contribution in [0, 0.1) is 0 Å². The first kappa shape index (κ1) is 21.1. The van der Waals surface area contributed by atoms with Crippen molar-refractivity contribution in [3.8, 4) is 16.9 Å². The highest BCUT2D eigenvalue weighted by molar-refractivity contribution is 5.93. The number of ether oxygens (including phenoxy) is 2. The smallest absolute Gasteiger partial charge is 0.344 e. The van der Waals surface area contributed by atoms with Crippen molar-refractivity contribution in [2.24, 2.45) is 0 Å². The van der Waals surface area contributed by atoms with E-state index in [1.807, 2.05) is 72.8 Å². The van der Waals surface area contributed by atoms with Crippen LogP contribution < -0.4 is 10.1 Å². The number of para-hydroxylation sites is 2. The van der Waals surface area contributed by atoms with Crippen molar-refractivity contribution in [2.75, 3.05) is 18.5 Å². The monoisotopic (exact) mass is 403 g/mol. The van der Waals surface area contributed by atoms with Crippen molar-refractivity contribution >= 4 is 17.6 Å². The lowest BCUT2D eigenvalue weighted by Crippen LogP contribution is -2.24. The Morgan fingerprint density at radius 1 is 0.833 bits per heavy atom. The van der Waals surface area contributed by atoms with E-state index in [0.29, 0.717) is 5.75 Å². The molecule has 0 aliphatic carbocycles. The molecule has 1 N–H and O–H groups in total. The highest BCUT2D eigenvalue weighted by Gasteiger charge is 2.13. The summed E-state index contributed by atoms with van der Waals surface area (Å²) in [6, 6.07) is 24.8. The zero-order valence-corrected chi connectivity index (χ0v) is 17.1. The van der Waals surface area contributed by atoms with Crippen LogP contribution in [-0.4, -0.2) is 25.1 Å². The van der Waals surface area contributed by atoms with Crippen LogP contribution in [0.5, 0.6) is 5.75 Å². The van der Waals surface area contributed by atoms with Gasteiger partial charge in [-0.3, -0.25) is 4.79 Å². The van der Waals surface area contributed by atoms with Crippen LogP contribution >= 0.6 is 0 Å². The lowest BCUT2D eigenvalue weighted by Gasteiger charge is -2.14. The summed E-state index contributed by atoms with van der Waals surface area (Å²) in [5.41, 5.74) is 3.62. The van der Waals surface area contributed by atoms with Gasteiger partial charge in [-0.25, -0.2) is 4.79 Å². The summed E-state index contributed by atoms with van der Waals surface area (Å²) in [5.74, 6) is -0.149. The van der Waals surface area contributed by atoms with Crippen LogP contribution in [0.2, 0.25) is 0 Å². The van der Waals surface area contributed by atoms with Gasteiger partial charge in [0.05, 0.1) is 0 Å². The second-order valence-electron chi connectivity index (χ2n) is 7.10. The minimum Gasteiger partial charge on any atom is -0.481 e. The van der Waals surface area contributed by atoms with Crippen molar-refractivity contribution < 1.29 is 19.1 Å². The first-order chi connectivity index (χ1) is 14.5. The highest BCUT2D eigenvalue weighted by atomic mass is 16.6. The second kappa shape index (κ2) is 10.3. The molecule has 3 aromatic carbocycles. The second-order valence-corrected chi connectivity index (χ2v) is 7.10. The fourth-order valence-corrected chi connectivity index (χ4v) is 3.07. The Bertz CT molecular complexity index is 999. The first-order valence-corrected chi connectivity index (χ1v) is 9.86. The Kier molecular flexibility index (Phi) is 7.22. The standard InChI is InChI=1S/C25H25NO4/c1-18(2)20-12-6-8-14-22(20)26-24(27)16-30-25(28)17-29-23-15-9-7-13-21(23)19-10-4-3-5-11-19/h3-15,18H,16-17H2,1-2H3,(H,26,27). The first-order valence-electron chi connectivity index (χ1n) is 9.86. The molecular weight excluding hydrogens is 378 g/mol. The Morgan fingerprint density at radius 2 is 1.50 bits per heavy atom. The number of rotatable bonds is 8. The molecule has 1 amide bonds. The van der Waals surface area contributed by atoms with Crippen molar-refractivity contribution in [3.05, 3.63) is 84.4 Å². The molecule has 0 spiro atoms. The van der Waals surface area contributed by atoms with Gasteiger partial charge in [-0.05, 0) is 29.2 Å². The van der Waals surface area contributed by atoms with Gasteiger partial charge in [-0.15, -0.1) is 0 Å². The molecule has 0 aliphatic heterocycles. The highest BCUT2D eigenvalue weighted by Crippen LogP contribution is 2.29. The summed E-state index contributed by atoms with van der Waals surface area (Å²) in [4.78, 5) is 24.2. The molecule has 0 aromatic heterocycles. The summed E-state index contributed by atoms with van der Waals surface area (Å²) >= 11 is 0. The summed E-state index contributed by atoms with van der Waals surface area (Å²) < 4.78 is 10.7. The molecule has 0 radical (unpaired) electrons. The fourth-order valence-electron chi connectivity index (χ4n) is 3.07. The molecule has 154 valence electrons. The van der Waals surface area contributed by atoms with Crippen LogP contribution in [0.1, 0.15) is 25.3 Å². The van der Waals surface area contributed by atoms with Gasteiger partial charge in [0.1, 0.15) is 5.75 Å². The molecule has 0 aliphatic rings. The molecule has 0 unspecified atom stereocenters. The average molecular weight is 403 g/mol. The topological polar surface area (TPSA) is 64.6 Å². The number of carbonyl (C=O) groups excluding carboxylic acids is 2. The van der Waals surface area contributed by atoms with E-state index in [0.717, 1.165) is 22.4 Å². The lowest BCUT2D eigenvalue weighted by molar-refractivity contribution is -0.149. The normalized spacial score (nSPS) is 10.5. The number of anilines is 1. The molecule has 0 saturated heterocycles. The molecule has 5 heteroatoms. The zero-order valence-electron chi connectivity index (χ0n) is 17.1. The van der Waals surface area contributed by atoms with Crippen LogP contribution in [-0.2, 0) is 14.3 Å². The lowest BCUT2D eigenvalue weighted by atomic mass is 10.0. The van der Waals surface area contributed by atoms with Gasteiger partial charge in [-0.2, -0.15) is 0 Å². The SMILES string of the molecule is CC(C)c1ccccc1NC(=O)COC(=O)COc1ccccc1-c1ccccc1. The summed E-state index contributed by atoms with van der Waals surface area (Å²) in [6.45, 7) is 3.46. The number of hydrogen-bond donors (Lipinski definition) is 1. The minimum absolute atomic E-state index is 0.266. The van der Waals surface area contributed by atoms with E-state index in [1.54, 1.807) is 6.07 Å². The van der Waals surface area contributed by atoms with E-state index in [4.69, 9.17) is 9.47 Å². The Hall–Kier alpha value is -3.60. The molecule has 0 heterocycles. The minimum atomic E-state index is -0.606. The third-order valence-electron chi connectivity index (χ3n) is 4.54. The number of benzene rings is 3. The van der Waals surface area contributed by atoms with Crippen molar-refractivity contribution in [3.63, 3.8) is 0 Å². The van der Waals surface area contributed by atoms with Gasteiger partial charge >= 0.3 is 5.97 Å². The van der Waals surface area contributed by atoms with Gasteiger partial charge in [0.15, 0.2) is 13.2 Å². The summed E-state index contributed by atoms with van der Waals surface area (Å²) in [6.07, 6.45) is 0. The fraction of sp³-hybridized carbons (Fsp3) is 0.200. The largest absolute Gasteiger partial charge is 0.481 e. The van der Waals surface area contributed by atoms with Crippen molar-refractivity contribution in [2.45, 2.75) is 19.8 Å². The van der Waals surface area contributed by atoms with Gasteiger partial charge in [0, 0.05) is 11.3 Å². The van der Waals surface area contributed by atoms with E-state index in [2.05, 4.69) is 19.2 Å². The molecule has 0 bridgehead atoms. The van der Waals surface area contributed by atoms with Crippen molar-refractivity contribution in [1.29, 1.82) is 0 Å². The van der Waals surface area contributed by atoms with E-state index >= 15 is 0 Å². The van der Waals surface area contributed by atoms with Crippen LogP contribution in [0.3, 0.4) is 0 Å². The van der Waals surface area contributed by atoms with E-state index in [1.165, 1.54) is 0 Å². The van der Waals surface area contributed by atoms with Crippen LogP contribution in [0.25, 0.3) is 11.1 Å². The number of nitrogens with one attached hydrogen (secondary N) is 1. The number of hydrogen-bond acceptors (Lipinski definition) is 4. The Labute approximate surface area is 176 Å².